The van der Waals surface area contributed by atoms with Gasteiger partial charge in [0.1, 0.15) is 12.1 Å². The predicted octanol–water partition coefficient (Wildman–Crippen LogP) is -1.44. The fourth-order valence-corrected chi connectivity index (χ4v) is 1.06. The Hall–Kier alpha value is -2.12. The molecule has 8 nitrogen and oxygen atoms in total. The first-order valence-corrected chi connectivity index (χ1v) is 4.76. The van der Waals surface area contributed by atoms with Crippen LogP contribution in [0.15, 0.2) is 0 Å². The lowest BCUT2D eigenvalue weighted by Crippen LogP contribution is -2.61. The second kappa shape index (κ2) is 6.46. The first kappa shape index (κ1) is 14.9. The van der Waals surface area contributed by atoms with E-state index in [2.05, 4.69) is 10.6 Å². The minimum absolute atomic E-state index is 0.356. The normalized spacial score (nSPS) is 22.7. The molecule has 0 bridgehead atoms. The van der Waals surface area contributed by atoms with Crippen LogP contribution in [0.3, 0.4) is 0 Å². The summed E-state index contributed by atoms with van der Waals surface area (Å²) in [5.41, 5.74) is 0. The molecule has 1 aliphatic heterocycles. The molecule has 1 aliphatic rings. The van der Waals surface area contributed by atoms with Crippen molar-refractivity contribution in [1.82, 2.24) is 10.6 Å². The van der Waals surface area contributed by atoms with Crippen LogP contribution in [0.4, 0.5) is 0 Å². The van der Waals surface area contributed by atoms with Crippen molar-refractivity contribution >= 4 is 23.8 Å². The van der Waals surface area contributed by atoms with Crippen LogP contribution in [0.2, 0.25) is 0 Å². The molecule has 1 heterocycles. The van der Waals surface area contributed by atoms with Crippen LogP contribution in [0, 0.1) is 0 Å². The lowest BCUT2D eigenvalue weighted by molar-refractivity contribution is -0.143. The van der Waals surface area contributed by atoms with Gasteiger partial charge in [-0.05, 0) is 6.92 Å². The van der Waals surface area contributed by atoms with Gasteiger partial charge in [0.15, 0.2) is 0 Å². The lowest BCUT2D eigenvalue weighted by Gasteiger charge is -2.26. The van der Waals surface area contributed by atoms with E-state index in [1.165, 1.54) is 6.92 Å². The molecular formula is C9H14N2O6. The molecular weight excluding hydrogens is 232 g/mol. The van der Waals surface area contributed by atoms with Crippen molar-refractivity contribution in [2.75, 3.05) is 0 Å². The van der Waals surface area contributed by atoms with E-state index in [9.17, 15) is 14.4 Å². The number of carbonyl (C=O) groups excluding carboxylic acids is 2. The zero-order valence-electron chi connectivity index (χ0n) is 9.39. The molecule has 0 aromatic heterocycles. The van der Waals surface area contributed by atoms with Crippen molar-refractivity contribution in [3.8, 4) is 0 Å². The number of carboxylic acids is 2. The van der Waals surface area contributed by atoms with E-state index in [-0.39, 0.29) is 12.3 Å². The third kappa shape index (κ3) is 6.13. The van der Waals surface area contributed by atoms with Crippen molar-refractivity contribution in [3.05, 3.63) is 0 Å². The molecule has 0 aromatic carbocycles. The molecule has 0 aromatic rings. The van der Waals surface area contributed by atoms with Gasteiger partial charge in [-0.1, -0.05) is 0 Å². The van der Waals surface area contributed by atoms with E-state index in [1.807, 2.05) is 0 Å². The van der Waals surface area contributed by atoms with Crippen molar-refractivity contribution in [1.29, 1.82) is 0 Å². The largest absolute Gasteiger partial charge is 0.481 e. The standard InChI is InChI=1S/C7H10N2O4.C2H4O2/c1-3-6(12)9-4(2-5(10)11)7(13)8-3;1-2(3)4/h3-4H,2H2,1H3,(H,8,13)(H,9,12)(H,10,11);1H3,(H,3,4)/t3-,4-;/m0./s1. The van der Waals surface area contributed by atoms with E-state index < -0.39 is 29.9 Å². The summed E-state index contributed by atoms with van der Waals surface area (Å²) in [5, 5.41) is 20.5. The molecule has 1 rings (SSSR count). The zero-order chi connectivity index (χ0) is 13.6. The molecule has 0 radical (unpaired) electrons. The number of amides is 2. The third-order valence-electron chi connectivity index (χ3n) is 1.76. The van der Waals surface area contributed by atoms with E-state index in [0.29, 0.717) is 0 Å². The molecule has 0 saturated carbocycles. The molecule has 0 aliphatic carbocycles. The van der Waals surface area contributed by atoms with Crippen LogP contribution in [0.1, 0.15) is 20.3 Å². The number of hydrogen-bond donors (Lipinski definition) is 4. The van der Waals surface area contributed by atoms with Gasteiger partial charge in [0, 0.05) is 6.92 Å². The summed E-state index contributed by atoms with van der Waals surface area (Å²) in [4.78, 5) is 41.4. The Morgan fingerprint density at radius 1 is 1.18 bits per heavy atom. The minimum Gasteiger partial charge on any atom is -0.481 e. The molecule has 0 spiro atoms. The van der Waals surface area contributed by atoms with Gasteiger partial charge in [0.2, 0.25) is 11.8 Å². The number of nitrogens with one attached hydrogen (secondary N) is 2. The number of carboxylic acid groups (broad SMARTS) is 2. The van der Waals surface area contributed by atoms with E-state index in [4.69, 9.17) is 15.0 Å². The van der Waals surface area contributed by atoms with Gasteiger partial charge in [-0.25, -0.2) is 0 Å². The SMILES string of the molecule is CC(=O)O.C[C@@H]1NC(=O)[C@H](CC(=O)O)NC1=O. The summed E-state index contributed by atoms with van der Waals surface area (Å²) in [6.45, 7) is 2.62. The Morgan fingerprint density at radius 3 is 2.06 bits per heavy atom. The van der Waals surface area contributed by atoms with Crippen LogP contribution >= 0.6 is 0 Å². The summed E-state index contributed by atoms with van der Waals surface area (Å²) < 4.78 is 0. The number of rotatable bonds is 2. The van der Waals surface area contributed by atoms with Crippen molar-refractivity contribution in [3.63, 3.8) is 0 Å². The quantitative estimate of drug-likeness (QED) is 0.471. The topological polar surface area (TPSA) is 133 Å². The van der Waals surface area contributed by atoms with E-state index >= 15 is 0 Å². The Balaban J connectivity index is 0.000000557. The van der Waals surface area contributed by atoms with Crippen molar-refractivity contribution < 1.29 is 29.4 Å². The minimum atomic E-state index is -1.12. The summed E-state index contributed by atoms with van der Waals surface area (Å²) in [6, 6.07) is -1.53. The molecule has 0 unspecified atom stereocenters. The fraction of sp³-hybridized carbons (Fsp3) is 0.556. The molecule has 4 N–H and O–H groups in total. The number of piperazine rings is 1. The molecule has 1 fully saturated rings. The van der Waals surface area contributed by atoms with Crippen molar-refractivity contribution in [2.24, 2.45) is 0 Å². The smallest absolute Gasteiger partial charge is 0.305 e. The van der Waals surface area contributed by atoms with Crippen LogP contribution in [0.5, 0.6) is 0 Å². The third-order valence-corrected chi connectivity index (χ3v) is 1.76. The maximum Gasteiger partial charge on any atom is 0.305 e. The monoisotopic (exact) mass is 246 g/mol. The molecule has 8 heteroatoms. The van der Waals surface area contributed by atoms with Gasteiger partial charge in [-0.3, -0.25) is 19.2 Å². The number of hydrogen-bond acceptors (Lipinski definition) is 4. The van der Waals surface area contributed by atoms with Gasteiger partial charge in [-0.2, -0.15) is 0 Å². The summed E-state index contributed by atoms with van der Waals surface area (Å²) in [7, 11) is 0. The highest BCUT2D eigenvalue weighted by Gasteiger charge is 2.32. The van der Waals surface area contributed by atoms with E-state index in [1.54, 1.807) is 0 Å². The molecule has 1 saturated heterocycles. The van der Waals surface area contributed by atoms with Gasteiger partial charge in [-0.15, -0.1) is 0 Å². The number of aliphatic carboxylic acids is 2. The van der Waals surface area contributed by atoms with Crippen LogP contribution < -0.4 is 10.6 Å². The van der Waals surface area contributed by atoms with Crippen LogP contribution in [0.25, 0.3) is 0 Å². The maximum absolute atomic E-state index is 11.1. The Morgan fingerprint density at radius 2 is 1.65 bits per heavy atom. The molecule has 2 atom stereocenters. The Bertz CT molecular complexity index is 336. The lowest BCUT2D eigenvalue weighted by atomic mass is 10.1. The highest BCUT2D eigenvalue weighted by molar-refractivity contribution is 5.98. The van der Waals surface area contributed by atoms with Crippen LogP contribution in [-0.2, 0) is 19.2 Å². The fourth-order valence-electron chi connectivity index (χ4n) is 1.06. The van der Waals surface area contributed by atoms with Gasteiger partial charge < -0.3 is 20.8 Å². The van der Waals surface area contributed by atoms with Gasteiger partial charge in [0.05, 0.1) is 6.42 Å². The number of carbonyl (C=O) groups is 4. The highest BCUT2D eigenvalue weighted by Crippen LogP contribution is 2.00. The average Bonchev–Trinajstić information content (AvgIpc) is 2.12. The predicted molar refractivity (Wildman–Crippen MR) is 55.1 cm³/mol. The summed E-state index contributed by atoms with van der Waals surface area (Å²) >= 11 is 0. The Labute approximate surface area is 97.0 Å². The molecule has 96 valence electrons. The second-order valence-electron chi connectivity index (χ2n) is 3.41. The summed E-state index contributed by atoms with van der Waals surface area (Å²) in [6.07, 6.45) is -0.385. The maximum atomic E-state index is 11.1. The zero-order valence-corrected chi connectivity index (χ0v) is 9.39. The first-order chi connectivity index (χ1) is 7.73. The Kier molecular flexibility index (Phi) is 5.65. The molecule has 17 heavy (non-hydrogen) atoms. The summed E-state index contributed by atoms with van der Waals surface area (Å²) in [5.74, 6) is -2.75. The van der Waals surface area contributed by atoms with E-state index in [0.717, 1.165) is 6.92 Å². The van der Waals surface area contributed by atoms with Crippen LogP contribution in [-0.4, -0.2) is 46.0 Å². The average molecular weight is 246 g/mol. The van der Waals surface area contributed by atoms with Gasteiger partial charge in [0.25, 0.3) is 5.97 Å². The molecule has 2 amide bonds. The second-order valence-corrected chi connectivity index (χ2v) is 3.41. The first-order valence-electron chi connectivity index (χ1n) is 4.76. The van der Waals surface area contributed by atoms with Crippen molar-refractivity contribution in [2.45, 2.75) is 32.4 Å². The van der Waals surface area contributed by atoms with Gasteiger partial charge >= 0.3 is 5.97 Å². The highest BCUT2D eigenvalue weighted by atomic mass is 16.4.